The fourth-order valence-electron chi connectivity index (χ4n) is 2.09. The highest BCUT2D eigenvalue weighted by Gasteiger charge is 2.12. The predicted octanol–water partition coefficient (Wildman–Crippen LogP) is 2.78. The molecule has 6 nitrogen and oxygen atoms in total. The average molecular weight is 315 g/mol. The van der Waals surface area contributed by atoms with Crippen molar-refractivity contribution >= 4 is 29.1 Å². The summed E-state index contributed by atoms with van der Waals surface area (Å²) >= 11 is 6.23. The third-order valence-electron chi connectivity index (χ3n) is 3.12. The van der Waals surface area contributed by atoms with Crippen molar-refractivity contribution in [1.29, 1.82) is 0 Å². The van der Waals surface area contributed by atoms with Crippen molar-refractivity contribution in [3.63, 3.8) is 0 Å². The minimum atomic E-state index is 0.258. The van der Waals surface area contributed by atoms with Crippen LogP contribution in [0.1, 0.15) is 11.3 Å². The number of benzene rings is 1. The van der Waals surface area contributed by atoms with Crippen LogP contribution >= 0.6 is 11.6 Å². The van der Waals surface area contributed by atoms with E-state index in [9.17, 15) is 0 Å². The van der Waals surface area contributed by atoms with Crippen molar-refractivity contribution in [3.05, 3.63) is 59.0 Å². The maximum absolute atomic E-state index is 6.23. The Balaban J connectivity index is 1.89. The summed E-state index contributed by atoms with van der Waals surface area (Å²) in [7, 11) is 1.84. The van der Waals surface area contributed by atoms with Crippen molar-refractivity contribution in [1.82, 2.24) is 19.7 Å². The van der Waals surface area contributed by atoms with Gasteiger partial charge in [-0.05, 0) is 5.56 Å². The summed E-state index contributed by atoms with van der Waals surface area (Å²) in [6.07, 6.45) is 4.10. The van der Waals surface area contributed by atoms with E-state index in [1.807, 2.05) is 43.6 Å². The summed E-state index contributed by atoms with van der Waals surface area (Å²) in [6, 6.07) is 9.95. The largest absolute Gasteiger partial charge is 0.382 e. The molecule has 0 atom stereocenters. The molecular formula is C15H15ClN6. The lowest BCUT2D eigenvalue weighted by Gasteiger charge is -2.09. The van der Waals surface area contributed by atoms with Gasteiger partial charge in [0.1, 0.15) is 10.8 Å². The molecule has 0 saturated heterocycles. The standard InChI is InChI=1S/C15H15ClN6/c1-22-9-11(8-18-22)19-15-20-12(13(16)14(17)21-15)7-10-5-3-2-4-6-10/h2-6,8-9H,7H2,1H3,(H3,17,19,20,21). The lowest BCUT2D eigenvalue weighted by Crippen LogP contribution is -2.05. The third-order valence-corrected chi connectivity index (χ3v) is 3.53. The van der Waals surface area contributed by atoms with Crippen LogP contribution in [0.15, 0.2) is 42.7 Å². The minimum Gasteiger partial charge on any atom is -0.382 e. The second-order valence-corrected chi connectivity index (χ2v) is 5.26. The molecule has 3 rings (SSSR count). The Bertz CT molecular complexity index is 784. The zero-order chi connectivity index (χ0) is 15.5. The van der Waals surface area contributed by atoms with Gasteiger partial charge in [0.25, 0.3) is 0 Å². The number of rotatable bonds is 4. The molecule has 0 unspecified atom stereocenters. The van der Waals surface area contributed by atoms with Crippen molar-refractivity contribution in [2.24, 2.45) is 7.05 Å². The second kappa shape index (κ2) is 6.03. The van der Waals surface area contributed by atoms with Gasteiger partial charge in [-0.3, -0.25) is 4.68 Å². The van der Waals surface area contributed by atoms with Crippen molar-refractivity contribution in [3.8, 4) is 0 Å². The van der Waals surface area contributed by atoms with E-state index in [1.54, 1.807) is 10.9 Å². The minimum absolute atomic E-state index is 0.258. The van der Waals surface area contributed by atoms with Gasteiger partial charge in [-0.1, -0.05) is 41.9 Å². The van der Waals surface area contributed by atoms with Crippen molar-refractivity contribution < 1.29 is 0 Å². The normalized spacial score (nSPS) is 10.6. The van der Waals surface area contributed by atoms with Crippen molar-refractivity contribution in [2.75, 3.05) is 11.1 Å². The Hall–Kier alpha value is -2.60. The lowest BCUT2D eigenvalue weighted by molar-refractivity contribution is 0.768. The number of aryl methyl sites for hydroxylation is 1. The van der Waals surface area contributed by atoms with Crippen LogP contribution in [0.5, 0.6) is 0 Å². The van der Waals surface area contributed by atoms with E-state index in [0.717, 1.165) is 11.3 Å². The first-order chi connectivity index (χ1) is 10.6. The zero-order valence-corrected chi connectivity index (χ0v) is 12.7. The van der Waals surface area contributed by atoms with Gasteiger partial charge in [-0.15, -0.1) is 0 Å². The number of hydrogen-bond acceptors (Lipinski definition) is 5. The molecule has 7 heteroatoms. The molecule has 0 fully saturated rings. The van der Waals surface area contributed by atoms with Crippen LogP contribution in [-0.2, 0) is 13.5 Å². The average Bonchev–Trinajstić information content (AvgIpc) is 2.90. The fourth-order valence-corrected chi connectivity index (χ4v) is 2.24. The topological polar surface area (TPSA) is 81.7 Å². The first-order valence-corrected chi connectivity index (χ1v) is 7.11. The molecule has 0 spiro atoms. The molecule has 0 amide bonds. The molecule has 2 heterocycles. The number of nitrogens with two attached hydrogens (primary N) is 1. The monoisotopic (exact) mass is 314 g/mol. The molecule has 0 aliphatic rings. The molecule has 3 N–H and O–H groups in total. The number of nitrogens with one attached hydrogen (secondary N) is 1. The molecule has 1 aromatic carbocycles. The highest BCUT2D eigenvalue weighted by Crippen LogP contribution is 2.25. The highest BCUT2D eigenvalue weighted by atomic mass is 35.5. The number of aromatic nitrogens is 4. The summed E-state index contributed by atoms with van der Waals surface area (Å²) in [6.45, 7) is 0. The van der Waals surface area contributed by atoms with Gasteiger partial charge < -0.3 is 11.1 Å². The maximum atomic E-state index is 6.23. The smallest absolute Gasteiger partial charge is 0.229 e. The molecule has 2 aromatic heterocycles. The van der Waals surface area contributed by atoms with E-state index >= 15 is 0 Å². The molecule has 22 heavy (non-hydrogen) atoms. The Labute approximate surface area is 133 Å². The number of hydrogen-bond donors (Lipinski definition) is 2. The summed E-state index contributed by atoms with van der Waals surface area (Å²) in [5.41, 5.74) is 8.47. The van der Waals surface area contributed by atoms with Crippen LogP contribution in [0.3, 0.4) is 0 Å². The lowest BCUT2D eigenvalue weighted by atomic mass is 10.1. The van der Waals surface area contributed by atoms with Gasteiger partial charge in [-0.2, -0.15) is 10.1 Å². The van der Waals surface area contributed by atoms with E-state index < -0.39 is 0 Å². The number of nitrogens with zero attached hydrogens (tertiary/aromatic N) is 4. The molecule has 0 bridgehead atoms. The first kappa shape index (κ1) is 14.3. The highest BCUT2D eigenvalue weighted by molar-refractivity contribution is 6.33. The molecule has 3 aromatic rings. The summed E-state index contributed by atoms with van der Waals surface area (Å²) in [5, 5.41) is 7.55. The van der Waals surface area contributed by atoms with Crippen LogP contribution in [0.2, 0.25) is 5.02 Å². The number of anilines is 3. The molecule has 0 saturated carbocycles. The van der Waals surface area contributed by atoms with Gasteiger partial charge in [0.05, 0.1) is 17.6 Å². The number of nitrogen functional groups attached to an aromatic ring is 1. The summed E-state index contributed by atoms with van der Waals surface area (Å²) in [5.74, 6) is 0.662. The molecule has 0 aliphatic heterocycles. The molecule has 0 radical (unpaired) electrons. The Morgan fingerprint density at radius 2 is 2.00 bits per heavy atom. The van der Waals surface area contributed by atoms with Gasteiger partial charge >= 0.3 is 0 Å². The Morgan fingerprint density at radius 1 is 1.23 bits per heavy atom. The Kier molecular flexibility index (Phi) is 3.93. The van der Waals surface area contributed by atoms with Crippen LogP contribution in [-0.4, -0.2) is 19.7 Å². The predicted molar refractivity (Wildman–Crippen MR) is 87.2 cm³/mol. The SMILES string of the molecule is Cn1cc(Nc2nc(N)c(Cl)c(Cc3ccccc3)n2)cn1. The third kappa shape index (κ3) is 3.17. The van der Waals surface area contributed by atoms with E-state index in [4.69, 9.17) is 17.3 Å². The molecular weight excluding hydrogens is 300 g/mol. The molecule has 0 aliphatic carbocycles. The summed E-state index contributed by atoms with van der Waals surface area (Å²) < 4.78 is 1.69. The van der Waals surface area contributed by atoms with Gasteiger partial charge in [0, 0.05) is 19.7 Å². The van der Waals surface area contributed by atoms with Crippen LogP contribution in [0.25, 0.3) is 0 Å². The van der Waals surface area contributed by atoms with Gasteiger partial charge in [0.2, 0.25) is 5.95 Å². The zero-order valence-electron chi connectivity index (χ0n) is 12.0. The van der Waals surface area contributed by atoms with Crippen molar-refractivity contribution in [2.45, 2.75) is 6.42 Å². The quantitative estimate of drug-likeness (QED) is 0.774. The number of halogens is 1. The second-order valence-electron chi connectivity index (χ2n) is 4.88. The van der Waals surface area contributed by atoms with E-state index in [1.165, 1.54) is 0 Å². The van der Waals surface area contributed by atoms with Crippen LogP contribution < -0.4 is 11.1 Å². The van der Waals surface area contributed by atoms with Crippen LogP contribution in [0, 0.1) is 0 Å². The Morgan fingerprint density at radius 3 is 2.68 bits per heavy atom. The van der Waals surface area contributed by atoms with Gasteiger partial charge in [-0.25, -0.2) is 4.98 Å². The van der Waals surface area contributed by atoms with E-state index in [0.29, 0.717) is 23.1 Å². The van der Waals surface area contributed by atoms with E-state index in [2.05, 4.69) is 20.4 Å². The summed E-state index contributed by atoms with van der Waals surface area (Å²) in [4.78, 5) is 8.63. The first-order valence-electron chi connectivity index (χ1n) is 6.73. The van der Waals surface area contributed by atoms with Crippen LogP contribution in [0.4, 0.5) is 17.5 Å². The maximum Gasteiger partial charge on any atom is 0.229 e. The molecule has 112 valence electrons. The van der Waals surface area contributed by atoms with Gasteiger partial charge in [0.15, 0.2) is 0 Å². The van der Waals surface area contributed by atoms with E-state index in [-0.39, 0.29) is 5.82 Å². The fraction of sp³-hybridized carbons (Fsp3) is 0.133.